The van der Waals surface area contributed by atoms with E-state index >= 15 is 0 Å². The Hall–Kier alpha value is -4.19. The molecule has 5 N–H and O–H groups in total. The van der Waals surface area contributed by atoms with E-state index in [-0.39, 0.29) is 37.3 Å². The molecule has 1 aliphatic carbocycles. The number of hydrogen-bond donors (Lipinski definition) is 5. The van der Waals surface area contributed by atoms with Crippen LogP contribution in [-0.2, 0) is 25.6 Å². The molecule has 2 fully saturated rings. The number of hydrogen-bond acceptors (Lipinski definition) is 15. The average Bonchev–Trinajstić information content (AvgIpc) is 3.82. The van der Waals surface area contributed by atoms with E-state index in [4.69, 9.17) is 33.2 Å². The van der Waals surface area contributed by atoms with Gasteiger partial charge in [-0.15, -0.1) is 5.10 Å². The van der Waals surface area contributed by atoms with E-state index in [9.17, 15) is 30.3 Å². The van der Waals surface area contributed by atoms with Gasteiger partial charge in [0.15, 0.2) is 29.3 Å². The number of carbonyl (C=O) groups is 1. The predicted molar refractivity (Wildman–Crippen MR) is 150 cm³/mol. The molecule has 1 aromatic heterocycles. The van der Waals surface area contributed by atoms with Crippen LogP contribution in [0.1, 0.15) is 34.3 Å². The van der Waals surface area contributed by atoms with Gasteiger partial charge in [0.1, 0.15) is 30.1 Å². The van der Waals surface area contributed by atoms with Crippen molar-refractivity contribution < 1.29 is 63.5 Å². The van der Waals surface area contributed by atoms with E-state index in [1.807, 2.05) is 12.1 Å². The molecule has 0 unspecified atom stereocenters. The molecule has 0 spiro atoms. The number of nitrogens with zero attached hydrogens (tertiary/aromatic N) is 3. The fraction of sp³-hybridized carbons (Fsp3) is 0.500. The third-order valence-electron chi connectivity index (χ3n) is 9.10. The Labute approximate surface area is 261 Å². The number of carbonyl (C=O) groups excluding carboxylic acids is 1. The number of aliphatic hydroxyl groups excluding tert-OH is 4. The summed E-state index contributed by atoms with van der Waals surface area (Å²) < 4.78 is 40.6. The third kappa shape index (κ3) is 4.88. The van der Waals surface area contributed by atoms with Gasteiger partial charge in [0.25, 0.3) is 0 Å². The van der Waals surface area contributed by atoms with Crippen molar-refractivity contribution in [3.63, 3.8) is 0 Å². The molecule has 0 bridgehead atoms. The molecule has 4 heterocycles. The van der Waals surface area contributed by atoms with Crippen LogP contribution in [0.5, 0.6) is 28.7 Å². The summed E-state index contributed by atoms with van der Waals surface area (Å²) in [5.41, 5.74) is 2.53. The maximum absolute atomic E-state index is 13.5. The van der Waals surface area contributed by atoms with Crippen LogP contribution in [-0.4, -0.2) is 111 Å². The lowest BCUT2D eigenvalue weighted by Gasteiger charge is -2.39. The summed E-state index contributed by atoms with van der Waals surface area (Å²) in [6, 6.07) is 6.50. The van der Waals surface area contributed by atoms with E-state index < -0.39 is 67.1 Å². The summed E-state index contributed by atoms with van der Waals surface area (Å²) in [5, 5.41) is 59.1. The van der Waals surface area contributed by atoms with Crippen LogP contribution >= 0.6 is 0 Å². The van der Waals surface area contributed by atoms with Crippen LogP contribution in [0.2, 0.25) is 0 Å². The average molecular weight is 644 g/mol. The molecule has 46 heavy (non-hydrogen) atoms. The monoisotopic (exact) mass is 643 g/mol. The van der Waals surface area contributed by atoms with Crippen LogP contribution in [0.15, 0.2) is 30.5 Å². The van der Waals surface area contributed by atoms with Gasteiger partial charge in [-0.1, -0.05) is 5.21 Å². The first-order valence-electron chi connectivity index (χ1n) is 14.6. The zero-order valence-electron chi connectivity index (χ0n) is 24.8. The topological polar surface area (TPSA) is 214 Å². The normalized spacial score (nSPS) is 31.3. The Kier molecular flexibility index (Phi) is 7.86. The first-order valence-corrected chi connectivity index (χ1v) is 14.6. The smallest absolute Gasteiger partial charge is 0.310 e. The molecule has 2 aromatic carbocycles. The van der Waals surface area contributed by atoms with Crippen molar-refractivity contribution in [3.05, 3.63) is 52.8 Å². The number of phenols is 1. The molecule has 16 heteroatoms. The SMILES string of the molecule is COc1cc([C@@H]2c3cc4c(cc3[C@@H](n3cc(CO[C@H]5O[C@H](CO)[C@H](O)[C@H](O)[C@H]5O)nn3)[C@H]3COC(=O)[C@H]23)OCO4)cc(OC)c1O. The maximum atomic E-state index is 13.5. The summed E-state index contributed by atoms with van der Waals surface area (Å²) in [6.07, 6.45) is -5.50. The number of aromatic hydroxyl groups is 1. The van der Waals surface area contributed by atoms with E-state index in [0.717, 1.165) is 11.1 Å². The number of benzene rings is 2. The van der Waals surface area contributed by atoms with Gasteiger partial charge in [-0.3, -0.25) is 4.79 Å². The summed E-state index contributed by atoms with van der Waals surface area (Å²) in [5.74, 6) is -0.784. The van der Waals surface area contributed by atoms with Crippen molar-refractivity contribution >= 4 is 5.97 Å². The second-order valence-corrected chi connectivity index (χ2v) is 11.5. The summed E-state index contributed by atoms with van der Waals surface area (Å²) in [7, 11) is 2.86. The molecular weight excluding hydrogens is 610 g/mol. The minimum Gasteiger partial charge on any atom is -0.502 e. The second kappa shape index (κ2) is 11.9. The van der Waals surface area contributed by atoms with Crippen molar-refractivity contribution in [2.45, 2.75) is 49.3 Å². The summed E-state index contributed by atoms with van der Waals surface area (Å²) in [4.78, 5) is 13.5. The molecule has 246 valence electrons. The number of phenolic OH excluding ortho intramolecular Hbond substituents is 1. The number of aromatic nitrogens is 3. The number of fused-ring (bicyclic) bond motifs is 3. The van der Waals surface area contributed by atoms with Crippen molar-refractivity contribution in [3.8, 4) is 28.7 Å². The van der Waals surface area contributed by atoms with Crippen LogP contribution in [0.4, 0.5) is 0 Å². The van der Waals surface area contributed by atoms with Crippen molar-refractivity contribution in [2.75, 3.05) is 34.2 Å². The molecule has 0 amide bonds. The van der Waals surface area contributed by atoms with Crippen molar-refractivity contribution in [1.29, 1.82) is 0 Å². The number of methoxy groups -OCH3 is 2. The molecular formula is C30H33N3O13. The number of rotatable bonds is 8. The first-order chi connectivity index (χ1) is 22.2. The zero-order valence-corrected chi connectivity index (χ0v) is 24.8. The molecule has 2 saturated heterocycles. The quantitative estimate of drug-likeness (QED) is 0.197. The largest absolute Gasteiger partial charge is 0.502 e. The lowest BCUT2D eigenvalue weighted by Crippen LogP contribution is -2.59. The molecule has 3 aromatic rings. The Morgan fingerprint density at radius 2 is 1.65 bits per heavy atom. The standard InChI is InChI=1S/C30H33N3O13/c1-40-19-3-12(4-20(41-2)25(19)35)22-14-5-17-18(45-11-44-17)6-15(14)24(16-10-42-29(39)23(16)22)33-7-13(31-32-33)9-43-30-28(38)27(37)26(36)21(8-34)46-30/h3-7,16,21-24,26-28,30,34-38H,8-11H2,1-2H3/t16-,21+,22+,23-,24+,26-,27-,28+,30-/m0/s1. The lowest BCUT2D eigenvalue weighted by atomic mass is 9.65. The van der Waals surface area contributed by atoms with Crippen LogP contribution in [0.25, 0.3) is 0 Å². The second-order valence-electron chi connectivity index (χ2n) is 11.5. The van der Waals surface area contributed by atoms with Gasteiger partial charge in [0.2, 0.25) is 12.5 Å². The number of cyclic esters (lactones) is 1. The Morgan fingerprint density at radius 1 is 0.957 bits per heavy atom. The molecule has 7 rings (SSSR count). The van der Waals surface area contributed by atoms with Gasteiger partial charge in [0, 0.05) is 11.8 Å². The van der Waals surface area contributed by atoms with Gasteiger partial charge >= 0.3 is 5.97 Å². The maximum Gasteiger partial charge on any atom is 0.310 e. The summed E-state index contributed by atoms with van der Waals surface area (Å²) >= 11 is 0. The molecule has 16 nitrogen and oxygen atoms in total. The molecule has 0 saturated carbocycles. The highest BCUT2D eigenvalue weighted by Crippen LogP contribution is 2.56. The minimum atomic E-state index is -1.59. The highest BCUT2D eigenvalue weighted by Gasteiger charge is 2.54. The number of aliphatic hydroxyl groups is 4. The van der Waals surface area contributed by atoms with Crippen molar-refractivity contribution in [2.24, 2.45) is 11.8 Å². The van der Waals surface area contributed by atoms with Gasteiger partial charge in [-0.25, -0.2) is 4.68 Å². The third-order valence-corrected chi connectivity index (χ3v) is 9.10. The van der Waals surface area contributed by atoms with Gasteiger partial charge < -0.3 is 58.7 Å². The van der Waals surface area contributed by atoms with Gasteiger partial charge in [0.05, 0.1) is 52.2 Å². The van der Waals surface area contributed by atoms with E-state index in [1.165, 1.54) is 14.2 Å². The lowest BCUT2D eigenvalue weighted by molar-refractivity contribution is -0.304. The Balaban J connectivity index is 1.25. The zero-order chi connectivity index (χ0) is 32.3. The molecule has 4 aliphatic rings. The highest BCUT2D eigenvalue weighted by atomic mass is 16.7. The Bertz CT molecular complexity index is 1600. The fourth-order valence-corrected chi connectivity index (χ4v) is 6.85. The first kappa shape index (κ1) is 30.5. The van der Waals surface area contributed by atoms with Crippen LogP contribution in [0.3, 0.4) is 0 Å². The fourth-order valence-electron chi connectivity index (χ4n) is 6.85. The number of ether oxygens (including phenoxy) is 7. The van der Waals surface area contributed by atoms with Gasteiger partial charge in [-0.2, -0.15) is 0 Å². The minimum absolute atomic E-state index is 0.0338. The predicted octanol–water partition coefficient (Wildman–Crippen LogP) is -0.430. The van der Waals surface area contributed by atoms with E-state index in [0.29, 0.717) is 22.8 Å². The van der Waals surface area contributed by atoms with Crippen LogP contribution < -0.4 is 18.9 Å². The van der Waals surface area contributed by atoms with E-state index in [1.54, 1.807) is 23.0 Å². The molecule has 9 atom stereocenters. The van der Waals surface area contributed by atoms with Crippen LogP contribution in [0, 0.1) is 11.8 Å². The number of esters is 1. The summed E-state index contributed by atoms with van der Waals surface area (Å²) in [6.45, 7) is -0.648. The van der Waals surface area contributed by atoms with E-state index in [2.05, 4.69) is 10.3 Å². The molecule has 3 aliphatic heterocycles. The molecule has 0 radical (unpaired) electrons. The Morgan fingerprint density at radius 3 is 2.33 bits per heavy atom. The highest BCUT2D eigenvalue weighted by molar-refractivity contribution is 5.79. The van der Waals surface area contributed by atoms with Crippen molar-refractivity contribution in [1.82, 2.24) is 15.0 Å². The van der Waals surface area contributed by atoms with Gasteiger partial charge in [-0.05, 0) is 41.0 Å².